The summed E-state index contributed by atoms with van der Waals surface area (Å²) in [4.78, 5) is 55.4. The summed E-state index contributed by atoms with van der Waals surface area (Å²) in [5.41, 5.74) is 5.76. The summed E-state index contributed by atoms with van der Waals surface area (Å²) >= 11 is 5.82. The van der Waals surface area contributed by atoms with Crippen molar-refractivity contribution in [3.63, 3.8) is 0 Å². The number of carbonyl (C=O) groups excluding carboxylic acids is 2. The largest absolute Gasteiger partial charge is 0.477 e. The van der Waals surface area contributed by atoms with Crippen molar-refractivity contribution >= 4 is 80.4 Å². The molecule has 2 amide bonds. The number of nitrogens with zero attached hydrogens (tertiary/aromatic N) is 5. The number of rotatable bonds is 7. The Balaban J connectivity index is 1.26. The maximum atomic E-state index is 13.0. The molecular formula is C19H21N7O5S4. The number of thioether (sulfide) groups is 3. The van der Waals surface area contributed by atoms with Crippen LogP contribution >= 0.6 is 46.6 Å². The second-order valence-corrected chi connectivity index (χ2v) is 12.2. The first-order valence-electron chi connectivity index (χ1n) is 10.5. The van der Waals surface area contributed by atoms with Crippen molar-refractivity contribution in [1.29, 1.82) is 0 Å². The molecule has 4 aliphatic heterocycles. The van der Waals surface area contributed by atoms with Crippen LogP contribution in [-0.2, 0) is 19.2 Å². The number of anilines is 1. The first-order chi connectivity index (χ1) is 16.9. The second kappa shape index (κ2) is 9.91. The first kappa shape index (κ1) is 24.3. The minimum absolute atomic E-state index is 0.00154. The third-order valence-electron chi connectivity index (χ3n) is 5.58. The minimum atomic E-state index is -1.15. The second-order valence-electron chi connectivity index (χ2n) is 7.79. The van der Waals surface area contributed by atoms with Crippen LogP contribution in [0.3, 0.4) is 0 Å². The molecule has 1 aromatic rings. The van der Waals surface area contributed by atoms with Crippen LogP contribution in [0.15, 0.2) is 26.1 Å². The topological polar surface area (TPSA) is 163 Å². The van der Waals surface area contributed by atoms with Gasteiger partial charge in [-0.2, -0.15) is 0 Å². The summed E-state index contributed by atoms with van der Waals surface area (Å²) in [5, 5.41) is 18.9. The van der Waals surface area contributed by atoms with Crippen LogP contribution in [0, 0.1) is 0 Å². The number of hydrogen-bond donors (Lipinski definition) is 3. The maximum Gasteiger partial charge on any atom is 0.353 e. The fourth-order valence-corrected chi connectivity index (χ4v) is 8.27. The highest BCUT2D eigenvalue weighted by Gasteiger charge is 2.55. The Morgan fingerprint density at radius 3 is 2.83 bits per heavy atom. The number of carboxylic acids is 1. The van der Waals surface area contributed by atoms with Crippen molar-refractivity contribution in [2.24, 2.45) is 10.1 Å². The molecule has 5 rings (SSSR count). The van der Waals surface area contributed by atoms with Gasteiger partial charge >= 0.3 is 5.97 Å². The van der Waals surface area contributed by atoms with Crippen molar-refractivity contribution in [2.75, 3.05) is 44.0 Å². The lowest BCUT2D eigenvalue weighted by Crippen LogP contribution is -2.71. The number of aliphatic carboxylic acids is 1. The number of amides is 2. The number of oxime groups is 1. The highest BCUT2D eigenvalue weighted by Crippen LogP contribution is 2.45. The summed E-state index contributed by atoms with van der Waals surface area (Å²) in [7, 11) is 1.29. The Morgan fingerprint density at radius 1 is 1.40 bits per heavy atom. The highest BCUT2D eigenvalue weighted by molar-refractivity contribution is 8.14. The lowest BCUT2D eigenvalue weighted by molar-refractivity contribution is -0.150. The Kier molecular flexibility index (Phi) is 6.87. The molecule has 0 saturated carbocycles. The Labute approximate surface area is 216 Å². The number of aliphatic imine (C=N–C) groups is 1. The summed E-state index contributed by atoms with van der Waals surface area (Å²) in [6.45, 7) is 2.44. The van der Waals surface area contributed by atoms with Crippen molar-refractivity contribution in [2.45, 2.75) is 16.7 Å². The molecule has 0 aliphatic carbocycles. The molecule has 5 heterocycles. The van der Waals surface area contributed by atoms with Crippen molar-refractivity contribution < 1.29 is 24.3 Å². The molecule has 186 valence electrons. The number of nitrogens with one attached hydrogen (secondary N) is 1. The summed E-state index contributed by atoms with van der Waals surface area (Å²) in [6.07, 6.45) is 0. The Hall–Kier alpha value is -2.43. The molecule has 4 aliphatic rings. The van der Waals surface area contributed by atoms with E-state index in [4.69, 9.17) is 10.6 Å². The fraction of sp³-hybridized carbons (Fsp3) is 0.474. The lowest BCUT2D eigenvalue weighted by atomic mass is 10.0. The van der Waals surface area contributed by atoms with Gasteiger partial charge in [-0.05, 0) is 0 Å². The average Bonchev–Trinajstić information content (AvgIpc) is 3.49. The molecule has 0 unspecified atom stereocenters. The summed E-state index contributed by atoms with van der Waals surface area (Å²) in [5.74, 6) is -0.837. The van der Waals surface area contributed by atoms with Gasteiger partial charge in [-0.15, -0.1) is 34.9 Å². The van der Waals surface area contributed by atoms with E-state index >= 15 is 0 Å². The van der Waals surface area contributed by atoms with Crippen LogP contribution < -0.4 is 11.1 Å². The van der Waals surface area contributed by atoms with Crippen LogP contribution in [0.5, 0.6) is 0 Å². The van der Waals surface area contributed by atoms with Crippen molar-refractivity contribution in [3.8, 4) is 0 Å². The van der Waals surface area contributed by atoms with Gasteiger partial charge in [0.2, 0.25) is 0 Å². The molecule has 2 saturated heterocycles. The van der Waals surface area contributed by atoms with Gasteiger partial charge in [0.1, 0.15) is 29.9 Å². The number of hydrogen-bond acceptors (Lipinski definition) is 13. The number of thiazole rings is 1. The van der Waals surface area contributed by atoms with Gasteiger partial charge < -0.3 is 25.9 Å². The van der Waals surface area contributed by atoms with Gasteiger partial charge in [-0.3, -0.25) is 19.5 Å². The van der Waals surface area contributed by atoms with Gasteiger partial charge in [0.25, 0.3) is 11.8 Å². The fourth-order valence-electron chi connectivity index (χ4n) is 3.97. The highest BCUT2D eigenvalue weighted by atomic mass is 32.2. The van der Waals surface area contributed by atoms with E-state index < -0.39 is 29.2 Å². The van der Waals surface area contributed by atoms with Gasteiger partial charge in [-0.1, -0.05) is 16.9 Å². The zero-order valence-corrected chi connectivity index (χ0v) is 21.6. The molecule has 0 radical (unpaired) electrons. The van der Waals surface area contributed by atoms with Gasteiger partial charge in [-0.25, -0.2) is 9.78 Å². The molecule has 0 aromatic carbocycles. The monoisotopic (exact) mass is 555 g/mol. The van der Waals surface area contributed by atoms with Crippen LogP contribution in [0.25, 0.3) is 0 Å². The smallest absolute Gasteiger partial charge is 0.353 e. The number of carbonyl (C=O) groups is 3. The lowest BCUT2D eigenvalue weighted by Gasteiger charge is -2.50. The first-order valence-corrected chi connectivity index (χ1v) is 14.3. The van der Waals surface area contributed by atoms with E-state index in [-0.39, 0.29) is 27.5 Å². The third-order valence-corrected chi connectivity index (χ3v) is 10.0. The molecule has 16 heteroatoms. The molecule has 12 nitrogen and oxygen atoms in total. The average molecular weight is 556 g/mol. The van der Waals surface area contributed by atoms with E-state index in [9.17, 15) is 19.5 Å². The predicted octanol–water partition coefficient (Wildman–Crippen LogP) is 0.292. The Bertz CT molecular complexity index is 1160. The van der Waals surface area contributed by atoms with Crippen LogP contribution in [0.1, 0.15) is 5.69 Å². The summed E-state index contributed by atoms with van der Waals surface area (Å²) in [6, 6.07) is -0.886. The van der Waals surface area contributed by atoms with E-state index in [1.54, 1.807) is 17.1 Å². The van der Waals surface area contributed by atoms with E-state index in [1.807, 2.05) is 0 Å². The SMILES string of the molecule is CO/N=C(\C(=O)N[C@@H]1C(=O)N2C(C(=O)O)=C(SC3CN(C4=NCCS4)C3)CS[C@H]12)c1csc(N)n1. The zero-order chi connectivity index (χ0) is 24.7. The third kappa shape index (κ3) is 4.59. The quantitative estimate of drug-likeness (QED) is 0.241. The molecule has 4 N–H and O–H groups in total. The molecule has 2 atom stereocenters. The number of carboxylic acid groups (broad SMARTS) is 1. The maximum absolute atomic E-state index is 13.0. The van der Waals surface area contributed by atoms with Crippen LogP contribution in [0.4, 0.5) is 5.13 Å². The normalized spacial score (nSPS) is 24.5. The zero-order valence-electron chi connectivity index (χ0n) is 18.4. The van der Waals surface area contributed by atoms with Crippen molar-refractivity contribution in [1.82, 2.24) is 20.1 Å². The summed E-state index contributed by atoms with van der Waals surface area (Å²) < 4.78 is 0. The van der Waals surface area contributed by atoms with E-state index in [1.165, 1.54) is 35.5 Å². The van der Waals surface area contributed by atoms with E-state index in [0.717, 1.165) is 41.9 Å². The Morgan fingerprint density at radius 2 is 2.20 bits per heavy atom. The van der Waals surface area contributed by atoms with E-state index in [2.05, 4.69) is 25.3 Å². The van der Waals surface area contributed by atoms with E-state index in [0.29, 0.717) is 10.7 Å². The number of likely N-dealkylation sites (tertiary alicyclic amines) is 1. The minimum Gasteiger partial charge on any atom is -0.477 e. The number of fused-ring (bicyclic) bond motifs is 1. The number of nitrogen functional groups attached to an aromatic ring is 1. The van der Waals surface area contributed by atoms with Crippen LogP contribution in [0.2, 0.25) is 0 Å². The molecule has 2 fully saturated rings. The molecular weight excluding hydrogens is 535 g/mol. The van der Waals surface area contributed by atoms with Crippen LogP contribution in [-0.4, -0.2) is 103 Å². The number of amidine groups is 1. The number of β-lactam (4-membered cyclic amide) rings is 1. The molecule has 0 spiro atoms. The number of nitrogens with two attached hydrogens (primary N) is 1. The molecule has 35 heavy (non-hydrogen) atoms. The van der Waals surface area contributed by atoms with Gasteiger partial charge in [0.15, 0.2) is 16.0 Å². The standard InChI is InChI=1S/C19H21N7O5S4/c1-31-24-11(9-6-34-18(20)22-9)14(27)23-12-15(28)26-13(17(29)30)10(7-33-16(12)26)35-8-4-25(5-8)19-21-2-3-32-19/h6,8,12,16H,2-5,7H2,1H3,(H2,20,22)(H,23,27)(H,29,30)/b24-11-/t12-,16-/m1/s1. The molecule has 1 aromatic heterocycles. The van der Waals surface area contributed by atoms with Gasteiger partial charge in [0.05, 0.1) is 6.54 Å². The number of aromatic nitrogens is 1. The molecule has 0 bridgehead atoms. The predicted molar refractivity (Wildman–Crippen MR) is 137 cm³/mol. The van der Waals surface area contributed by atoms with Crippen molar-refractivity contribution in [3.05, 3.63) is 21.7 Å². The van der Waals surface area contributed by atoms with Gasteiger partial charge in [0, 0.05) is 40.1 Å².